The number of nitrogens with zero attached hydrogens (tertiary/aromatic N) is 3. The van der Waals surface area contributed by atoms with Gasteiger partial charge in [-0.15, -0.1) is 0 Å². The second-order valence-corrected chi connectivity index (χ2v) is 5.69. The number of hydrogen-bond acceptors (Lipinski definition) is 3. The zero-order chi connectivity index (χ0) is 18.2. The Bertz CT molecular complexity index is 947. The Balaban J connectivity index is 1.78. The molecule has 0 radical (unpaired) electrons. The Labute approximate surface area is 141 Å². The van der Waals surface area contributed by atoms with Crippen LogP contribution in [0.4, 0.5) is 13.2 Å². The quantitative estimate of drug-likeness (QED) is 0.790. The Morgan fingerprint density at radius 1 is 1.24 bits per heavy atom. The standard InChI is InChI=1S/C17H15F3N4O/c1-10-6-15-21-9-14(11(2)24(15)23-10)16(25)22-8-12-4-3-5-13(7-12)17(18,19)20/h3-7,9H,8H2,1-2H3,(H,22,25). The predicted molar refractivity (Wildman–Crippen MR) is 85.1 cm³/mol. The summed E-state index contributed by atoms with van der Waals surface area (Å²) in [6.07, 6.45) is -2.98. The summed E-state index contributed by atoms with van der Waals surface area (Å²) in [4.78, 5) is 16.5. The van der Waals surface area contributed by atoms with Crippen molar-refractivity contribution in [1.82, 2.24) is 19.9 Å². The average Bonchev–Trinajstić information content (AvgIpc) is 2.94. The van der Waals surface area contributed by atoms with E-state index in [-0.39, 0.29) is 6.54 Å². The largest absolute Gasteiger partial charge is 0.416 e. The third-order valence-electron chi connectivity index (χ3n) is 3.80. The molecular weight excluding hydrogens is 333 g/mol. The minimum absolute atomic E-state index is 0.0155. The highest BCUT2D eigenvalue weighted by atomic mass is 19.4. The second-order valence-electron chi connectivity index (χ2n) is 5.69. The molecule has 1 N–H and O–H groups in total. The van der Waals surface area contributed by atoms with E-state index in [1.54, 1.807) is 17.5 Å². The molecule has 0 aliphatic heterocycles. The molecule has 0 fully saturated rings. The first-order valence-electron chi connectivity index (χ1n) is 7.52. The minimum atomic E-state index is -4.41. The van der Waals surface area contributed by atoms with Crippen LogP contribution < -0.4 is 5.32 Å². The Morgan fingerprint density at radius 3 is 2.72 bits per heavy atom. The van der Waals surface area contributed by atoms with Crippen molar-refractivity contribution >= 4 is 11.6 Å². The van der Waals surface area contributed by atoms with Crippen LogP contribution in [0, 0.1) is 13.8 Å². The van der Waals surface area contributed by atoms with Crippen molar-refractivity contribution in [3.8, 4) is 0 Å². The first-order valence-corrected chi connectivity index (χ1v) is 7.52. The summed E-state index contributed by atoms with van der Waals surface area (Å²) < 4.78 is 39.8. The van der Waals surface area contributed by atoms with Gasteiger partial charge in [-0.25, -0.2) is 9.50 Å². The van der Waals surface area contributed by atoms with Gasteiger partial charge in [0.15, 0.2) is 5.65 Å². The van der Waals surface area contributed by atoms with E-state index in [2.05, 4.69) is 15.4 Å². The Kier molecular flexibility index (Phi) is 4.20. The average molecular weight is 348 g/mol. The molecule has 25 heavy (non-hydrogen) atoms. The zero-order valence-electron chi connectivity index (χ0n) is 13.6. The van der Waals surface area contributed by atoms with E-state index in [1.807, 2.05) is 6.92 Å². The van der Waals surface area contributed by atoms with Crippen molar-refractivity contribution in [2.24, 2.45) is 0 Å². The van der Waals surface area contributed by atoms with Gasteiger partial charge in [0.05, 0.1) is 22.5 Å². The van der Waals surface area contributed by atoms with Crippen molar-refractivity contribution in [3.05, 3.63) is 64.6 Å². The number of amides is 1. The Hall–Kier alpha value is -2.90. The number of alkyl halides is 3. The summed E-state index contributed by atoms with van der Waals surface area (Å²) in [5.74, 6) is -0.419. The Morgan fingerprint density at radius 2 is 2.00 bits per heavy atom. The highest BCUT2D eigenvalue weighted by Crippen LogP contribution is 2.29. The predicted octanol–water partition coefficient (Wildman–Crippen LogP) is 3.29. The van der Waals surface area contributed by atoms with Gasteiger partial charge in [0.2, 0.25) is 0 Å². The van der Waals surface area contributed by atoms with Crippen LogP contribution in [-0.4, -0.2) is 20.5 Å². The number of aryl methyl sites for hydroxylation is 2. The highest BCUT2D eigenvalue weighted by molar-refractivity contribution is 5.95. The first kappa shape index (κ1) is 16.9. The van der Waals surface area contributed by atoms with Gasteiger partial charge in [-0.1, -0.05) is 12.1 Å². The minimum Gasteiger partial charge on any atom is -0.348 e. The van der Waals surface area contributed by atoms with E-state index >= 15 is 0 Å². The summed E-state index contributed by atoms with van der Waals surface area (Å²) in [7, 11) is 0. The van der Waals surface area contributed by atoms with Crippen LogP contribution in [0.3, 0.4) is 0 Å². The molecule has 3 rings (SSSR count). The zero-order valence-corrected chi connectivity index (χ0v) is 13.6. The molecule has 8 heteroatoms. The molecule has 0 saturated heterocycles. The molecule has 0 spiro atoms. The lowest BCUT2D eigenvalue weighted by molar-refractivity contribution is -0.137. The maximum Gasteiger partial charge on any atom is 0.416 e. The van der Waals surface area contributed by atoms with E-state index in [4.69, 9.17) is 0 Å². The van der Waals surface area contributed by atoms with Gasteiger partial charge < -0.3 is 5.32 Å². The monoisotopic (exact) mass is 348 g/mol. The molecule has 0 aliphatic carbocycles. The summed E-state index contributed by atoms with van der Waals surface area (Å²) in [6, 6.07) is 6.65. The van der Waals surface area contributed by atoms with Gasteiger partial charge in [-0.3, -0.25) is 4.79 Å². The van der Waals surface area contributed by atoms with E-state index in [0.717, 1.165) is 17.8 Å². The lowest BCUT2D eigenvalue weighted by Crippen LogP contribution is -2.25. The summed E-state index contributed by atoms with van der Waals surface area (Å²) in [5, 5.41) is 6.88. The fourth-order valence-corrected chi connectivity index (χ4v) is 2.52. The van der Waals surface area contributed by atoms with Crippen LogP contribution in [0.2, 0.25) is 0 Å². The van der Waals surface area contributed by atoms with E-state index in [1.165, 1.54) is 18.3 Å². The van der Waals surface area contributed by atoms with Crippen molar-refractivity contribution in [2.45, 2.75) is 26.6 Å². The van der Waals surface area contributed by atoms with Gasteiger partial charge >= 0.3 is 6.18 Å². The fraction of sp³-hybridized carbons (Fsp3) is 0.235. The molecule has 130 valence electrons. The normalized spacial score (nSPS) is 11.7. The number of carbonyl (C=O) groups excluding carboxylic acids is 1. The second kappa shape index (κ2) is 6.19. The molecule has 2 aromatic heterocycles. The number of carbonyl (C=O) groups is 1. The van der Waals surface area contributed by atoms with Crippen LogP contribution in [-0.2, 0) is 12.7 Å². The number of rotatable bonds is 3. The smallest absolute Gasteiger partial charge is 0.348 e. The molecule has 1 aromatic carbocycles. The number of aromatic nitrogens is 3. The molecule has 3 aromatic rings. The van der Waals surface area contributed by atoms with Crippen LogP contribution >= 0.6 is 0 Å². The van der Waals surface area contributed by atoms with E-state index in [9.17, 15) is 18.0 Å². The number of halogens is 3. The third kappa shape index (κ3) is 3.47. The molecule has 2 heterocycles. The van der Waals surface area contributed by atoms with Crippen molar-refractivity contribution < 1.29 is 18.0 Å². The summed E-state index contributed by atoms with van der Waals surface area (Å²) >= 11 is 0. The maximum absolute atomic E-state index is 12.7. The SMILES string of the molecule is Cc1cc2ncc(C(=O)NCc3cccc(C(F)(F)F)c3)c(C)n2n1. The van der Waals surface area contributed by atoms with Crippen LogP contribution in [0.1, 0.15) is 32.9 Å². The molecule has 0 bridgehead atoms. The maximum atomic E-state index is 12.7. The number of nitrogens with one attached hydrogen (secondary N) is 1. The van der Waals surface area contributed by atoms with E-state index < -0.39 is 17.6 Å². The third-order valence-corrected chi connectivity index (χ3v) is 3.80. The molecule has 5 nitrogen and oxygen atoms in total. The number of hydrogen-bond donors (Lipinski definition) is 1. The van der Waals surface area contributed by atoms with Gasteiger partial charge in [-0.05, 0) is 31.5 Å². The lowest BCUT2D eigenvalue weighted by Gasteiger charge is -2.11. The first-order chi connectivity index (χ1) is 11.8. The molecule has 1 amide bonds. The lowest BCUT2D eigenvalue weighted by atomic mass is 10.1. The molecular formula is C17H15F3N4O. The van der Waals surface area contributed by atoms with Gasteiger partial charge in [0.25, 0.3) is 5.91 Å². The van der Waals surface area contributed by atoms with Crippen molar-refractivity contribution in [1.29, 1.82) is 0 Å². The summed E-state index contributed by atoms with van der Waals surface area (Å²) in [5.41, 5.74) is 1.96. The van der Waals surface area contributed by atoms with Gasteiger partial charge in [0, 0.05) is 18.8 Å². The van der Waals surface area contributed by atoms with Crippen molar-refractivity contribution in [3.63, 3.8) is 0 Å². The van der Waals surface area contributed by atoms with Crippen LogP contribution in [0.5, 0.6) is 0 Å². The van der Waals surface area contributed by atoms with E-state index in [0.29, 0.717) is 22.5 Å². The number of benzene rings is 1. The highest BCUT2D eigenvalue weighted by Gasteiger charge is 2.30. The molecule has 0 unspecified atom stereocenters. The molecule has 0 atom stereocenters. The molecule has 0 saturated carbocycles. The fourth-order valence-electron chi connectivity index (χ4n) is 2.52. The van der Waals surface area contributed by atoms with Crippen LogP contribution in [0.25, 0.3) is 5.65 Å². The van der Waals surface area contributed by atoms with Crippen LogP contribution in [0.15, 0.2) is 36.5 Å². The van der Waals surface area contributed by atoms with Crippen molar-refractivity contribution in [2.75, 3.05) is 0 Å². The summed E-state index contributed by atoms with van der Waals surface area (Å²) in [6.45, 7) is 3.54. The van der Waals surface area contributed by atoms with Gasteiger partial charge in [-0.2, -0.15) is 18.3 Å². The topological polar surface area (TPSA) is 59.3 Å². The number of fused-ring (bicyclic) bond motifs is 1. The molecule has 0 aliphatic rings. The van der Waals surface area contributed by atoms with Gasteiger partial charge in [0.1, 0.15) is 0 Å².